The number of alkyl halides is 1. The minimum Gasteiger partial charge on any atom is -0.409 e. The first-order valence-corrected chi connectivity index (χ1v) is 15.1. The molecular formula is C24H49FO5Si. The molecule has 0 saturated heterocycles. The van der Waals surface area contributed by atoms with E-state index < -0.39 is 39.1 Å². The summed E-state index contributed by atoms with van der Waals surface area (Å²) in [6, 6.07) is 2.93. The highest BCUT2D eigenvalue weighted by Gasteiger charge is 2.41. The molecule has 5 nitrogen and oxygen atoms in total. The number of carbonyl (C=O) groups is 1. The average Bonchev–Trinajstić information content (AvgIpc) is 2.80. The Labute approximate surface area is 191 Å². The molecule has 0 aromatic heterocycles. The normalized spacial score (nSPS) is 15.1. The maximum absolute atomic E-state index is 13.5. The van der Waals surface area contributed by atoms with Crippen LogP contribution in [0, 0.1) is 0 Å². The quantitative estimate of drug-likeness (QED) is 0.143. The van der Waals surface area contributed by atoms with Crippen LogP contribution in [0.3, 0.4) is 0 Å². The Morgan fingerprint density at radius 2 is 1.32 bits per heavy atom. The summed E-state index contributed by atoms with van der Waals surface area (Å²) in [5, 5.41) is 0. The van der Waals surface area contributed by atoms with Crippen molar-refractivity contribution in [2.75, 3.05) is 33.1 Å². The van der Waals surface area contributed by atoms with Crippen LogP contribution in [0.2, 0.25) is 18.1 Å². The Hall–Kier alpha value is -0.343. The fourth-order valence-electron chi connectivity index (χ4n) is 3.52. The van der Waals surface area contributed by atoms with Crippen LogP contribution < -0.4 is 0 Å². The van der Waals surface area contributed by atoms with Gasteiger partial charge in [0.05, 0.1) is 12.7 Å². The zero-order valence-corrected chi connectivity index (χ0v) is 22.1. The topological polar surface area (TPSA) is 54.0 Å². The van der Waals surface area contributed by atoms with Crippen LogP contribution in [0.4, 0.5) is 4.39 Å². The Morgan fingerprint density at radius 3 is 1.81 bits per heavy atom. The highest BCUT2D eigenvalue weighted by atomic mass is 28.4. The number of halogens is 1. The molecule has 0 aromatic carbocycles. The van der Waals surface area contributed by atoms with Crippen molar-refractivity contribution in [3.05, 3.63) is 0 Å². The summed E-state index contributed by atoms with van der Waals surface area (Å²) < 4.78 is 38.3. The average molecular weight is 465 g/mol. The van der Waals surface area contributed by atoms with Gasteiger partial charge in [0.2, 0.25) is 0 Å². The Morgan fingerprint density at radius 1 is 0.806 bits per heavy atom. The fraction of sp³-hybridized carbons (Fsp3) is 0.958. The summed E-state index contributed by atoms with van der Waals surface area (Å²) in [5.74, 6) is -0.573. The Kier molecular flexibility index (Phi) is 18.9. The van der Waals surface area contributed by atoms with Crippen LogP contribution >= 0.6 is 0 Å². The largest absolute Gasteiger partial charge is 0.409 e. The minimum absolute atomic E-state index is 0.332. The molecule has 0 rings (SSSR count). The number of hydrogen-bond donors (Lipinski definition) is 0. The van der Waals surface area contributed by atoms with Gasteiger partial charge in [-0.2, -0.15) is 0 Å². The predicted molar refractivity (Wildman–Crippen MR) is 128 cm³/mol. The molecule has 0 saturated carbocycles. The molecule has 0 bridgehead atoms. The molecule has 0 aliphatic heterocycles. The lowest BCUT2D eigenvalue weighted by Crippen LogP contribution is -2.54. The third-order valence-corrected chi connectivity index (χ3v) is 10.6. The molecule has 0 radical (unpaired) electrons. The van der Waals surface area contributed by atoms with Gasteiger partial charge in [0.25, 0.3) is 0 Å². The molecule has 0 heterocycles. The molecular weight excluding hydrogens is 415 g/mol. The van der Waals surface area contributed by atoms with Crippen LogP contribution in [-0.4, -0.2) is 65.5 Å². The van der Waals surface area contributed by atoms with Gasteiger partial charge < -0.3 is 18.6 Å². The second kappa shape index (κ2) is 19.2. The van der Waals surface area contributed by atoms with Gasteiger partial charge in [0.1, 0.15) is 12.2 Å². The lowest BCUT2D eigenvalue weighted by atomic mass is 10.0. The lowest BCUT2D eigenvalue weighted by Gasteiger charge is -2.39. The van der Waals surface area contributed by atoms with Crippen molar-refractivity contribution < 1.29 is 27.8 Å². The molecule has 0 N–H and O–H groups in total. The summed E-state index contributed by atoms with van der Waals surface area (Å²) in [4.78, 5) is 12.6. The van der Waals surface area contributed by atoms with Crippen molar-refractivity contribution in [3.8, 4) is 0 Å². The summed E-state index contributed by atoms with van der Waals surface area (Å²) >= 11 is 0. The van der Waals surface area contributed by atoms with Gasteiger partial charge in [0, 0.05) is 19.8 Å². The zero-order valence-electron chi connectivity index (χ0n) is 21.1. The van der Waals surface area contributed by atoms with Crippen LogP contribution in [0.15, 0.2) is 0 Å². The van der Waals surface area contributed by atoms with Gasteiger partial charge >= 0.3 is 0 Å². The number of Topliss-reactive ketones (excluding diaryl/α,β-unsaturated/α-hetero) is 1. The fourth-order valence-corrected chi connectivity index (χ4v) is 6.36. The van der Waals surface area contributed by atoms with Gasteiger partial charge in [-0.05, 0) is 37.4 Å². The molecule has 0 unspecified atom stereocenters. The van der Waals surface area contributed by atoms with E-state index in [-0.39, 0.29) is 0 Å². The van der Waals surface area contributed by atoms with Crippen molar-refractivity contribution in [3.63, 3.8) is 0 Å². The molecule has 0 spiro atoms. The molecule has 0 aliphatic rings. The van der Waals surface area contributed by atoms with Crippen LogP contribution in [0.25, 0.3) is 0 Å². The molecule has 0 fully saturated rings. The standard InChI is InChI=1S/C24H49FO5Si/c1-7-13-16-27-20-22(30-31(10-4,11-5)12-6)24(29-18-15-9-3)23(21(26)19-25)28-17-14-8-2/h22-24H,7-20H2,1-6H3/t22-,23+,24-/m1/s1. The minimum atomic E-state index is -2.01. The van der Waals surface area contributed by atoms with E-state index in [2.05, 4.69) is 41.5 Å². The van der Waals surface area contributed by atoms with Crippen LogP contribution in [0.5, 0.6) is 0 Å². The van der Waals surface area contributed by atoms with E-state index in [1.807, 2.05) is 0 Å². The van der Waals surface area contributed by atoms with Crippen molar-refractivity contribution in [1.82, 2.24) is 0 Å². The first-order valence-electron chi connectivity index (χ1n) is 12.6. The molecule has 0 aliphatic carbocycles. The van der Waals surface area contributed by atoms with Crippen molar-refractivity contribution >= 4 is 14.1 Å². The predicted octanol–water partition coefficient (Wildman–Crippen LogP) is 6.10. The van der Waals surface area contributed by atoms with E-state index in [1.54, 1.807) is 0 Å². The molecule has 3 atom stereocenters. The maximum atomic E-state index is 13.5. The maximum Gasteiger partial charge on any atom is 0.195 e. The first-order chi connectivity index (χ1) is 15.0. The van der Waals surface area contributed by atoms with Gasteiger partial charge in [-0.3, -0.25) is 4.79 Å². The van der Waals surface area contributed by atoms with Crippen LogP contribution in [-0.2, 0) is 23.4 Å². The number of rotatable bonds is 22. The van der Waals surface area contributed by atoms with E-state index in [9.17, 15) is 9.18 Å². The van der Waals surface area contributed by atoms with E-state index in [1.165, 1.54) is 0 Å². The van der Waals surface area contributed by atoms with E-state index in [4.69, 9.17) is 18.6 Å². The van der Waals surface area contributed by atoms with E-state index >= 15 is 0 Å². The van der Waals surface area contributed by atoms with Crippen molar-refractivity contribution in [2.45, 2.75) is 117 Å². The SMILES string of the molecule is CCCCOC[C@@H](O[Si](CC)(CC)CC)[C@@H](OCCCC)[C@@H](OCCCC)C(=O)CF. The number of ether oxygens (including phenoxy) is 3. The molecule has 31 heavy (non-hydrogen) atoms. The van der Waals surface area contributed by atoms with Crippen molar-refractivity contribution in [2.24, 2.45) is 0 Å². The first kappa shape index (κ1) is 30.7. The Bertz CT molecular complexity index is 426. The third kappa shape index (κ3) is 11.9. The molecule has 0 amide bonds. The van der Waals surface area contributed by atoms with Gasteiger partial charge in [-0.25, -0.2) is 4.39 Å². The van der Waals surface area contributed by atoms with Crippen molar-refractivity contribution in [1.29, 1.82) is 0 Å². The summed E-state index contributed by atoms with van der Waals surface area (Å²) in [7, 11) is -2.01. The number of ketones is 1. The van der Waals surface area contributed by atoms with Gasteiger partial charge in [0.15, 0.2) is 20.8 Å². The third-order valence-electron chi connectivity index (χ3n) is 5.98. The summed E-state index contributed by atoms with van der Waals surface area (Å²) in [6.45, 7) is 13.6. The molecule has 0 aromatic rings. The highest BCUT2D eigenvalue weighted by molar-refractivity contribution is 6.73. The number of hydrogen-bond acceptors (Lipinski definition) is 5. The van der Waals surface area contributed by atoms with Crippen LogP contribution in [0.1, 0.15) is 80.1 Å². The number of unbranched alkanes of at least 4 members (excludes halogenated alkanes) is 3. The van der Waals surface area contributed by atoms with E-state index in [0.717, 1.165) is 56.7 Å². The lowest BCUT2D eigenvalue weighted by molar-refractivity contribution is -0.159. The summed E-state index contributed by atoms with van der Waals surface area (Å²) in [6.07, 6.45) is 3.53. The Balaban J connectivity index is 5.83. The van der Waals surface area contributed by atoms with E-state index in [0.29, 0.717) is 26.4 Å². The smallest absolute Gasteiger partial charge is 0.195 e. The van der Waals surface area contributed by atoms with Gasteiger partial charge in [-0.15, -0.1) is 0 Å². The molecule has 7 heteroatoms. The number of carbonyl (C=O) groups excluding carboxylic acids is 1. The monoisotopic (exact) mass is 464 g/mol. The zero-order chi connectivity index (χ0) is 23.5. The molecule has 186 valence electrons. The van der Waals surface area contributed by atoms with Gasteiger partial charge in [-0.1, -0.05) is 60.8 Å². The second-order valence-electron chi connectivity index (χ2n) is 8.26. The second-order valence-corrected chi connectivity index (χ2v) is 13.0. The highest BCUT2D eigenvalue weighted by Crippen LogP contribution is 2.27. The summed E-state index contributed by atoms with van der Waals surface area (Å²) in [5.41, 5.74) is 0.